The molecule has 1 aliphatic carbocycles. The van der Waals surface area contributed by atoms with E-state index in [0.717, 1.165) is 24.8 Å². The Morgan fingerprint density at radius 3 is 2.49 bits per heavy atom. The highest BCUT2D eigenvalue weighted by Crippen LogP contribution is 2.41. The second kappa shape index (κ2) is 11.6. The fraction of sp³-hybridized carbons (Fsp3) is 0.464. The normalized spacial score (nSPS) is 21.8. The summed E-state index contributed by atoms with van der Waals surface area (Å²) >= 11 is 0. The van der Waals surface area contributed by atoms with Crippen LogP contribution in [-0.4, -0.2) is 49.4 Å². The van der Waals surface area contributed by atoms with Gasteiger partial charge in [0.05, 0.1) is 37.2 Å². The maximum atomic E-state index is 13.2. The first-order chi connectivity index (χ1) is 17.8. The molecule has 0 bridgehead atoms. The third-order valence-corrected chi connectivity index (χ3v) is 7.35. The standard InChI is InChI=1S/C28H35N3O6/c1-17-12-13-21-23(31(17)28(35)37-3)15-14-22(29-20-11-7-10-19(16-20)27(34)36-2)24(21)30-26(33)25(32)18-8-5-4-6-9-18/h4-6,8-9,14-15,17,19-20,25,29,32H,7,10-13,16H2,1-3H3,(H,30,33)/t17?,19-,20-,25-/m1/s1. The third-order valence-electron chi connectivity index (χ3n) is 7.35. The molecule has 2 aromatic rings. The summed E-state index contributed by atoms with van der Waals surface area (Å²) in [5.41, 5.74) is 3.15. The number of nitrogens with one attached hydrogen (secondary N) is 2. The van der Waals surface area contributed by atoms with Gasteiger partial charge in [-0.05, 0) is 56.7 Å². The number of hydrogen-bond acceptors (Lipinski definition) is 7. The van der Waals surface area contributed by atoms with Crippen molar-refractivity contribution in [2.24, 2.45) is 5.92 Å². The number of benzene rings is 2. The van der Waals surface area contributed by atoms with E-state index in [2.05, 4.69) is 10.6 Å². The lowest BCUT2D eigenvalue weighted by Gasteiger charge is -2.36. The zero-order valence-electron chi connectivity index (χ0n) is 21.5. The SMILES string of the molecule is COC(=O)[C@@H]1CCC[C@@H](Nc2ccc3c(c2NC(=O)[C@H](O)c2ccccc2)CCC(C)N3C(=O)OC)C1. The fourth-order valence-electron chi connectivity index (χ4n) is 5.37. The molecule has 2 aliphatic rings. The van der Waals surface area contributed by atoms with Crippen LogP contribution in [0, 0.1) is 5.92 Å². The number of amides is 2. The van der Waals surface area contributed by atoms with Crippen LogP contribution in [0.2, 0.25) is 0 Å². The first-order valence-corrected chi connectivity index (χ1v) is 12.7. The summed E-state index contributed by atoms with van der Waals surface area (Å²) in [7, 11) is 2.75. The van der Waals surface area contributed by atoms with Crippen molar-refractivity contribution < 1.29 is 29.0 Å². The molecule has 0 saturated heterocycles. The van der Waals surface area contributed by atoms with Crippen LogP contribution in [0.15, 0.2) is 42.5 Å². The Bertz CT molecular complexity index is 1140. The molecule has 198 valence electrons. The van der Waals surface area contributed by atoms with E-state index in [1.807, 2.05) is 25.1 Å². The number of rotatable bonds is 6. The lowest BCUT2D eigenvalue weighted by atomic mass is 9.85. The third kappa shape index (κ3) is 5.72. The molecule has 1 fully saturated rings. The van der Waals surface area contributed by atoms with Gasteiger partial charge in [0.25, 0.3) is 5.91 Å². The van der Waals surface area contributed by atoms with Gasteiger partial charge in [-0.3, -0.25) is 14.5 Å². The minimum absolute atomic E-state index is 0.00447. The van der Waals surface area contributed by atoms with Crippen molar-refractivity contribution in [3.63, 3.8) is 0 Å². The summed E-state index contributed by atoms with van der Waals surface area (Å²) in [4.78, 5) is 39.6. The van der Waals surface area contributed by atoms with Crippen molar-refractivity contribution in [2.45, 2.75) is 63.6 Å². The highest BCUT2D eigenvalue weighted by Gasteiger charge is 2.34. The van der Waals surface area contributed by atoms with E-state index in [4.69, 9.17) is 9.47 Å². The number of aliphatic hydroxyl groups is 1. The second-order valence-corrected chi connectivity index (χ2v) is 9.74. The molecule has 2 amide bonds. The van der Waals surface area contributed by atoms with Gasteiger partial charge >= 0.3 is 12.1 Å². The molecule has 37 heavy (non-hydrogen) atoms. The average molecular weight is 510 g/mol. The predicted molar refractivity (Wildman–Crippen MR) is 141 cm³/mol. The van der Waals surface area contributed by atoms with E-state index in [1.165, 1.54) is 14.2 Å². The topological polar surface area (TPSA) is 117 Å². The number of anilines is 3. The summed E-state index contributed by atoms with van der Waals surface area (Å²) in [5.74, 6) is -0.955. The molecule has 0 aromatic heterocycles. The second-order valence-electron chi connectivity index (χ2n) is 9.74. The van der Waals surface area contributed by atoms with Crippen LogP contribution in [0.4, 0.5) is 21.9 Å². The van der Waals surface area contributed by atoms with Gasteiger partial charge in [0.15, 0.2) is 6.10 Å². The quantitative estimate of drug-likeness (QED) is 0.494. The van der Waals surface area contributed by atoms with E-state index in [9.17, 15) is 19.5 Å². The molecule has 1 aliphatic heterocycles. The Balaban J connectivity index is 1.68. The zero-order chi connectivity index (χ0) is 26.5. The highest BCUT2D eigenvalue weighted by atomic mass is 16.5. The van der Waals surface area contributed by atoms with Crippen LogP contribution < -0.4 is 15.5 Å². The molecule has 9 nitrogen and oxygen atoms in total. The van der Waals surface area contributed by atoms with Crippen LogP contribution in [0.5, 0.6) is 0 Å². The van der Waals surface area contributed by atoms with Gasteiger partial charge in [-0.25, -0.2) is 4.79 Å². The molecule has 0 spiro atoms. The molecular formula is C28H35N3O6. The van der Waals surface area contributed by atoms with E-state index >= 15 is 0 Å². The van der Waals surface area contributed by atoms with Crippen molar-refractivity contribution in [3.05, 3.63) is 53.6 Å². The summed E-state index contributed by atoms with van der Waals surface area (Å²) in [5, 5.41) is 17.2. The number of fused-ring (bicyclic) bond motifs is 1. The molecule has 4 atom stereocenters. The summed E-state index contributed by atoms with van der Waals surface area (Å²) in [6, 6.07) is 12.4. The molecule has 1 heterocycles. The zero-order valence-corrected chi connectivity index (χ0v) is 21.5. The van der Waals surface area contributed by atoms with Gasteiger partial charge in [-0.2, -0.15) is 0 Å². The molecule has 2 aromatic carbocycles. The number of carbonyl (C=O) groups excluding carboxylic acids is 3. The number of ether oxygens (including phenoxy) is 2. The Morgan fingerprint density at radius 1 is 1.03 bits per heavy atom. The Hall–Kier alpha value is -3.59. The smallest absolute Gasteiger partial charge is 0.414 e. The van der Waals surface area contributed by atoms with Crippen molar-refractivity contribution >= 4 is 35.0 Å². The Kier molecular flexibility index (Phi) is 8.33. The van der Waals surface area contributed by atoms with Gasteiger partial charge in [0, 0.05) is 17.6 Å². The van der Waals surface area contributed by atoms with Crippen molar-refractivity contribution in [1.82, 2.24) is 0 Å². The van der Waals surface area contributed by atoms with Crippen LogP contribution in [0.3, 0.4) is 0 Å². The van der Waals surface area contributed by atoms with Crippen molar-refractivity contribution in [1.29, 1.82) is 0 Å². The summed E-state index contributed by atoms with van der Waals surface area (Å²) in [6.45, 7) is 1.96. The first kappa shape index (κ1) is 26.5. The maximum absolute atomic E-state index is 13.2. The number of nitrogens with zero attached hydrogens (tertiary/aromatic N) is 1. The first-order valence-electron chi connectivity index (χ1n) is 12.7. The maximum Gasteiger partial charge on any atom is 0.414 e. The summed E-state index contributed by atoms with van der Waals surface area (Å²) < 4.78 is 9.99. The van der Waals surface area contributed by atoms with Crippen molar-refractivity contribution in [2.75, 3.05) is 29.8 Å². The molecule has 1 unspecified atom stereocenters. The predicted octanol–water partition coefficient (Wildman–Crippen LogP) is 4.41. The van der Waals surface area contributed by atoms with Gasteiger partial charge in [-0.15, -0.1) is 0 Å². The molecule has 3 N–H and O–H groups in total. The number of esters is 1. The lowest BCUT2D eigenvalue weighted by Crippen LogP contribution is -2.42. The average Bonchev–Trinajstić information content (AvgIpc) is 2.93. The van der Waals surface area contributed by atoms with E-state index in [-0.39, 0.29) is 24.0 Å². The minimum Gasteiger partial charge on any atom is -0.469 e. The number of carbonyl (C=O) groups is 3. The number of methoxy groups -OCH3 is 2. The van der Waals surface area contributed by atoms with Crippen molar-refractivity contribution in [3.8, 4) is 0 Å². The van der Waals surface area contributed by atoms with E-state index in [1.54, 1.807) is 29.2 Å². The Morgan fingerprint density at radius 2 is 1.78 bits per heavy atom. The number of aliphatic hydroxyl groups excluding tert-OH is 1. The summed E-state index contributed by atoms with van der Waals surface area (Å²) in [6.07, 6.45) is 2.64. The molecule has 0 radical (unpaired) electrons. The lowest BCUT2D eigenvalue weighted by molar-refractivity contribution is -0.146. The van der Waals surface area contributed by atoms with Crippen LogP contribution in [0.25, 0.3) is 0 Å². The van der Waals surface area contributed by atoms with E-state index < -0.39 is 18.1 Å². The van der Waals surface area contributed by atoms with Gasteiger partial charge in [0.2, 0.25) is 0 Å². The van der Waals surface area contributed by atoms with Crippen LogP contribution in [-0.2, 0) is 25.5 Å². The fourth-order valence-corrected chi connectivity index (χ4v) is 5.37. The monoisotopic (exact) mass is 509 g/mol. The van der Waals surface area contributed by atoms with E-state index in [0.29, 0.717) is 41.9 Å². The van der Waals surface area contributed by atoms with Gasteiger partial charge in [0.1, 0.15) is 0 Å². The highest BCUT2D eigenvalue weighted by molar-refractivity contribution is 6.01. The molecular weight excluding hydrogens is 474 g/mol. The van der Waals surface area contributed by atoms with Crippen LogP contribution >= 0.6 is 0 Å². The largest absolute Gasteiger partial charge is 0.469 e. The Labute approximate surface area is 217 Å². The number of hydrogen-bond donors (Lipinski definition) is 3. The molecule has 9 heteroatoms. The van der Waals surface area contributed by atoms with Crippen LogP contribution in [0.1, 0.15) is 56.3 Å². The minimum atomic E-state index is -1.36. The molecule has 1 saturated carbocycles. The molecule has 4 rings (SSSR count). The van der Waals surface area contributed by atoms with Gasteiger partial charge in [-0.1, -0.05) is 36.8 Å². The van der Waals surface area contributed by atoms with Gasteiger partial charge < -0.3 is 25.2 Å².